The van der Waals surface area contributed by atoms with Gasteiger partial charge in [-0.2, -0.15) is 0 Å². The first-order chi connectivity index (χ1) is 9.36. The molecule has 2 heterocycles. The summed E-state index contributed by atoms with van der Waals surface area (Å²) in [6.45, 7) is 2.99. The predicted molar refractivity (Wildman–Crippen MR) is 79.7 cm³/mol. The second kappa shape index (κ2) is 6.09. The van der Waals surface area contributed by atoms with Crippen LogP contribution in [-0.4, -0.2) is 29.3 Å². The molecule has 1 saturated carbocycles. The van der Waals surface area contributed by atoms with E-state index in [1.165, 1.54) is 36.9 Å². The second-order valence-electron chi connectivity index (χ2n) is 5.44. The van der Waals surface area contributed by atoms with E-state index in [2.05, 4.69) is 20.6 Å². The van der Waals surface area contributed by atoms with Gasteiger partial charge in [-0.3, -0.25) is 0 Å². The van der Waals surface area contributed by atoms with Crippen LogP contribution in [0.15, 0.2) is 5.16 Å². The van der Waals surface area contributed by atoms with Crippen molar-refractivity contribution in [2.24, 2.45) is 5.92 Å². The SMILES string of the molecule is CSc1nc2c(c(NCC3CCCC3)n1)CCNC2. The van der Waals surface area contributed by atoms with E-state index in [9.17, 15) is 0 Å². The fourth-order valence-electron chi connectivity index (χ4n) is 3.03. The van der Waals surface area contributed by atoms with Gasteiger partial charge in [-0.25, -0.2) is 9.97 Å². The maximum atomic E-state index is 4.68. The largest absolute Gasteiger partial charge is 0.369 e. The van der Waals surface area contributed by atoms with Crippen molar-refractivity contribution < 1.29 is 0 Å². The van der Waals surface area contributed by atoms with Crippen LogP contribution < -0.4 is 10.6 Å². The highest BCUT2D eigenvalue weighted by molar-refractivity contribution is 7.98. The van der Waals surface area contributed by atoms with Crippen LogP contribution >= 0.6 is 11.8 Å². The molecule has 0 saturated heterocycles. The smallest absolute Gasteiger partial charge is 0.189 e. The van der Waals surface area contributed by atoms with E-state index in [0.717, 1.165) is 42.9 Å². The number of anilines is 1. The highest BCUT2D eigenvalue weighted by Gasteiger charge is 2.19. The summed E-state index contributed by atoms with van der Waals surface area (Å²) in [6.07, 6.45) is 8.62. The lowest BCUT2D eigenvalue weighted by molar-refractivity contribution is 0.574. The van der Waals surface area contributed by atoms with E-state index in [0.29, 0.717) is 0 Å². The second-order valence-corrected chi connectivity index (χ2v) is 6.22. The van der Waals surface area contributed by atoms with Crippen LogP contribution in [0.25, 0.3) is 0 Å². The molecular weight excluding hydrogens is 256 g/mol. The summed E-state index contributed by atoms with van der Waals surface area (Å²) in [5, 5.41) is 7.87. The summed E-state index contributed by atoms with van der Waals surface area (Å²) in [5.74, 6) is 1.92. The van der Waals surface area contributed by atoms with Gasteiger partial charge < -0.3 is 10.6 Å². The van der Waals surface area contributed by atoms with E-state index < -0.39 is 0 Å². The fourth-order valence-corrected chi connectivity index (χ4v) is 3.41. The Kier molecular flexibility index (Phi) is 4.23. The molecule has 0 bridgehead atoms. The van der Waals surface area contributed by atoms with Crippen LogP contribution in [0.1, 0.15) is 36.9 Å². The Balaban J connectivity index is 1.77. The third-order valence-electron chi connectivity index (χ3n) is 4.13. The molecule has 0 spiro atoms. The van der Waals surface area contributed by atoms with Crippen LogP contribution in [0.3, 0.4) is 0 Å². The lowest BCUT2D eigenvalue weighted by atomic mass is 10.1. The van der Waals surface area contributed by atoms with Crippen molar-refractivity contribution in [3.63, 3.8) is 0 Å². The van der Waals surface area contributed by atoms with Gasteiger partial charge in [-0.05, 0) is 38.0 Å². The molecule has 0 amide bonds. The molecule has 0 aromatic carbocycles. The summed E-state index contributed by atoms with van der Waals surface area (Å²) < 4.78 is 0. The zero-order valence-electron chi connectivity index (χ0n) is 11.5. The summed E-state index contributed by atoms with van der Waals surface area (Å²) >= 11 is 1.62. The zero-order valence-corrected chi connectivity index (χ0v) is 12.4. The molecule has 1 aromatic rings. The number of fused-ring (bicyclic) bond motifs is 1. The molecular formula is C14H22N4S. The molecule has 2 aliphatic rings. The van der Waals surface area contributed by atoms with Gasteiger partial charge in [0, 0.05) is 18.7 Å². The molecule has 0 unspecified atom stereocenters. The molecule has 1 aliphatic carbocycles. The van der Waals surface area contributed by atoms with Gasteiger partial charge in [0.15, 0.2) is 5.16 Å². The number of nitrogens with zero attached hydrogens (tertiary/aromatic N) is 2. The number of hydrogen-bond acceptors (Lipinski definition) is 5. The minimum Gasteiger partial charge on any atom is -0.369 e. The normalized spacial score (nSPS) is 19.4. The van der Waals surface area contributed by atoms with Gasteiger partial charge >= 0.3 is 0 Å². The first kappa shape index (κ1) is 13.2. The van der Waals surface area contributed by atoms with Crippen molar-refractivity contribution >= 4 is 17.6 Å². The predicted octanol–water partition coefficient (Wildman–Crippen LogP) is 2.45. The first-order valence-electron chi connectivity index (χ1n) is 7.25. The van der Waals surface area contributed by atoms with Crippen molar-refractivity contribution in [3.05, 3.63) is 11.3 Å². The topological polar surface area (TPSA) is 49.8 Å². The van der Waals surface area contributed by atoms with Crippen LogP contribution in [-0.2, 0) is 13.0 Å². The first-order valence-corrected chi connectivity index (χ1v) is 8.47. The number of rotatable bonds is 4. The van der Waals surface area contributed by atoms with Gasteiger partial charge in [-0.15, -0.1) is 0 Å². The number of nitrogens with one attached hydrogen (secondary N) is 2. The summed E-state index contributed by atoms with van der Waals surface area (Å²) in [7, 11) is 0. The molecule has 0 radical (unpaired) electrons. The van der Waals surface area contributed by atoms with Crippen molar-refractivity contribution in [1.82, 2.24) is 15.3 Å². The Morgan fingerprint density at radius 1 is 1.32 bits per heavy atom. The van der Waals surface area contributed by atoms with E-state index in [1.54, 1.807) is 11.8 Å². The Labute approximate surface area is 119 Å². The Hall–Kier alpha value is -0.810. The molecule has 0 atom stereocenters. The molecule has 19 heavy (non-hydrogen) atoms. The lowest BCUT2D eigenvalue weighted by Crippen LogP contribution is -2.27. The Bertz CT molecular complexity index is 443. The van der Waals surface area contributed by atoms with E-state index in [4.69, 9.17) is 0 Å². The Morgan fingerprint density at radius 3 is 2.95 bits per heavy atom. The van der Waals surface area contributed by atoms with Gasteiger partial charge in [0.1, 0.15) is 5.82 Å². The van der Waals surface area contributed by atoms with E-state index in [1.807, 2.05) is 6.26 Å². The summed E-state index contributed by atoms with van der Waals surface area (Å²) in [4.78, 5) is 9.30. The molecule has 1 fully saturated rings. The summed E-state index contributed by atoms with van der Waals surface area (Å²) in [5.41, 5.74) is 2.51. The van der Waals surface area contributed by atoms with Gasteiger partial charge in [-0.1, -0.05) is 24.6 Å². The van der Waals surface area contributed by atoms with Crippen molar-refractivity contribution in [3.8, 4) is 0 Å². The number of thioether (sulfide) groups is 1. The fraction of sp³-hybridized carbons (Fsp3) is 0.714. The van der Waals surface area contributed by atoms with Gasteiger partial charge in [0.25, 0.3) is 0 Å². The third-order valence-corrected chi connectivity index (χ3v) is 4.68. The monoisotopic (exact) mass is 278 g/mol. The molecule has 5 heteroatoms. The molecule has 1 aliphatic heterocycles. The average Bonchev–Trinajstić information content (AvgIpc) is 2.97. The van der Waals surface area contributed by atoms with E-state index >= 15 is 0 Å². The third kappa shape index (κ3) is 3.03. The van der Waals surface area contributed by atoms with Crippen molar-refractivity contribution in [2.45, 2.75) is 43.8 Å². The van der Waals surface area contributed by atoms with Crippen molar-refractivity contribution in [2.75, 3.05) is 24.7 Å². The van der Waals surface area contributed by atoms with Crippen LogP contribution in [0, 0.1) is 5.92 Å². The Morgan fingerprint density at radius 2 is 2.16 bits per heavy atom. The van der Waals surface area contributed by atoms with E-state index in [-0.39, 0.29) is 0 Å². The van der Waals surface area contributed by atoms with Crippen LogP contribution in [0.4, 0.5) is 5.82 Å². The highest BCUT2D eigenvalue weighted by atomic mass is 32.2. The summed E-state index contributed by atoms with van der Waals surface area (Å²) in [6, 6.07) is 0. The lowest BCUT2D eigenvalue weighted by Gasteiger charge is -2.21. The van der Waals surface area contributed by atoms with Crippen LogP contribution in [0.5, 0.6) is 0 Å². The standard InChI is InChI=1S/C14H22N4S/c1-19-14-17-12-9-15-7-6-11(12)13(18-14)16-8-10-4-2-3-5-10/h10,15H,2-9H2,1H3,(H,16,17,18). The van der Waals surface area contributed by atoms with Crippen molar-refractivity contribution in [1.29, 1.82) is 0 Å². The maximum absolute atomic E-state index is 4.68. The van der Waals surface area contributed by atoms with Crippen LogP contribution in [0.2, 0.25) is 0 Å². The quantitative estimate of drug-likeness (QED) is 0.654. The minimum atomic E-state index is 0.838. The highest BCUT2D eigenvalue weighted by Crippen LogP contribution is 2.27. The molecule has 1 aromatic heterocycles. The number of hydrogen-bond donors (Lipinski definition) is 2. The number of aromatic nitrogens is 2. The molecule has 104 valence electrons. The zero-order chi connectivity index (χ0) is 13.1. The maximum Gasteiger partial charge on any atom is 0.189 e. The average molecular weight is 278 g/mol. The molecule has 3 rings (SSSR count). The van der Waals surface area contributed by atoms with Gasteiger partial charge in [0.05, 0.1) is 5.69 Å². The van der Waals surface area contributed by atoms with Gasteiger partial charge in [0.2, 0.25) is 0 Å². The molecule has 2 N–H and O–H groups in total. The molecule has 4 nitrogen and oxygen atoms in total. The minimum absolute atomic E-state index is 0.838.